The highest BCUT2D eigenvalue weighted by Gasteiger charge is 2.19. The summed E-state index contributed by atoms with van der Waals surface area (Å²) in [6.45, 7) is 6.65. The van der Waals surface area contributed by atoms with Gasteiger partial charge in [0, 0.05) is 19.3 Å². The van der Waals surface area contributed by atoms with Gasteiger partial charge in [0.15, 0.2) is 6.10 Å². The number of hydrogen-bond acceptors (Lipinski definition) is 6. The zero-order valence-corrected chi connectivity index (χ0v) is 44.9. The van der Waals surface area contributed by atoms with Crippen LogP contribution in [0.1, 0.15) is 316 Å². The zero-order valence-electron chi connectivity index (χ0n) is 44.9. The van der Waals surface area contributed by atoms with Crippen LogP contribution in [0.3, 0.4) is 0 Å². The first-order chi connectivity index (χ1) is 33.0. The summed E-state index contributed by atoms with van der Waals surface area (Å²) in [5, 5.41) is 0. The van der Waals surface area contributed by atoms with Crippen LogP contribution in [0.5, 0.6) is 0 Å². The van der Waals surface area contributed by atoms with E-state index in [1.807, 2.05) is 0 Å². The average Bonchev–Trinajstić information content (AvgIpc) is 3.33. The molecule has 392 valence electrons. The van der Waals surface area contributed by atoms with E-state index in [0.29, 0.717) is 19.3 Å². The normalized spacial score (nSPS) is 12.2. The molecule has 0 rings (SSSR count). The number of unbranched alkanes of at least 4 members (excludes halogenated alkanes) is 37. The fourth-order valence-corrected chi connectivity index (χ4v) is 8.69. The number of carbonyl (C=O) groups excluding carboxylic acids is 3. The highest BCUT2D eigenvalue weighted by atomic mass is 16.6. The quantitative estimate of drug-likeness (QED) is 0.0262. The molecule has 0 N–H and O–H groups in total. The van der Waals surface area contributed by atoms with Crippen molar-refractivity contribution in [2.45, 2.75) is 322 Å². The van der Waals surface area contributed by atoms with Crippen LogP contribution in [0.25, 0.3) is 0 Å². The summed E-state index contributed by atoms with van der Waals surface area (Å²) in [6.07, 6.45) is 67.2. The summed E-state index contributed by atoms with van der Waals surface area (Å²) >= 11 is 0. The van der Waals surface area contributed by atoms with Crippen LogP contribution in [-0.2, 0) is 28.6 Å². The number of allylic oxidation sites excluding steroid dienone is 6. The molecular weight excluding hydrogens is 829 g/mol. The number of esters is 3. The zero-order chi connectivity index (χ0) is 48.6. The van der Waals surface area contributed by atoms with Crippen LogP contribution in [0.2, 0.25) is 0 Å². The van der Waals surface area contributed by atoms with E-state index in [1.165, 1.54) is 199 Å². The Bertz CT molecular complexity index is 1130. The van der Waals surface area contributed by atoms with Gasteiger partial charge < -0.3 is 14.2 Å². The largest absolute Gasteiger partial charge is 0.462 e. The molecule has 1 atom stereocenters. The molecule has 0 bridgehead atoms. The molecule has 67 heavy (non-hydrogen) atoms. The Hall–Kier alpha value is -2.37. The molecule has 6 heteroatoms. The van der Waals surface area contributed by atoms with Crippen molar-refractivity contribution < 1.29 is 28.6 Å². The van der Waals surface area contributed by atoms with E-state index in [-0.39, 0.29) is 31.1 Å². The Morgan fingerprint density at radius 2 is 0.537 bits per heavy atom. The summed E-state index contributed by atoms with van der Waals surface area (Å²) < 4.78 is 16.8. The molecule has 0 amide bonds. The van der Waals surface area contributed by atoms with Gasteiger partial charge in [0.2, 0.25) is 0 Å². The second-order valence-corrected chi connectivity index (χ2v) is 19.9. The smallest absolute Gasteiger partial charge is 0.306 e. The van der Waals surface area contributed by atoms with Gasteiger partial charge in [0.25, 0.3) is 0 Å². The maximum Gasteiger partial charge on any atom is 0.306 e. The Balaban J connectivity index is 4.23. The number of ether oxygens (including phenoxy) is 3. The van der Waals surface area contributed by atoms with E-state index in [4.69, 9.17) is 14.2 Å². The molecule has 0 spiro atoms. The van der Waals surface area contributed by atoms with Gasteiger partial charge in [-0.3, -0.25) is 14.4 Å². The molecule has 0 saturated heterocycles. The fourth-order valence-electron chi connectivity index (χ4n) is 8.69. The standard InChI is InChI=1S/C61H112O6/c1-4-7-10-13-16-19-21-23-25-27-28-29-30-31-32-34-35-37-39-42-45-48-51-54-60(63)66-57-58(56-65-59(62)53-50-47-44-41-18-15-12-9-6-3)67-61(64)55-52-49-46-43-40-38-36-33-26-24-22-20-17-14-11-8-5-2/h21,23,27-28,30-31,58H,4-20,22,24-26,29,32-57H2,1-3H3/b23-21-,28-27-,31-30-. The third-order valence-electron chi connectivity index (χ3n) is 13.1. The predicted octanol–water partition coefficient (Wildman–Crippen LogP) is 19.7. The van der Waals surface area contributed by atoms with Crippen LogP contribution in [0.4, 0.5) is 0 Å². The first-order valence-electron chi connectivity index (χ1n) is 29.5. The molecule has 0 radical (unpaired) electrons. The van der Waals surface area contributed by atoms with Crippen LogP contribution >= 0.6 is 0 Å². The number of rotatable bonds is 54. The topological polar surface area (TPSA) is 78.9 Å². The summed E-state index contributed by atoms with van der Waals surface area (Å²) in [6, 6.07) is 0. The van der Waals surface area contributed by atoms with Crippen molar-refractivity contribution in [3.05, 3.63) is 36.5 Å². The Morgan fingerprint density at radius 1 is 0.299 bits per heavy atom. The van der Waals surface area contributed by atoms with Crippen molar-refractivity contribution >= 4 is 17.9 Å². The van der Waals surface area contributed by atoms with Crippen LogP contribution in [0, 0.1) is 0 Å². The van der Waals surface area contributed by atoms with Gasteiger partial charge in [-0.15, -0.1) is 0 Å². The molecule has 0 aliphatic heterocycles. The molecule has 0 fully saturated rings. The van der Waals surface area contributed by atoms with Crippen molar-refractivity contribution in [3.63, 3.8) is 0 Å². The summed E-state index contributed by atoms with van der Waals surface area (Å²) in [4.78, 5) is 38.1. The summed E-state index contributed by atoms with van der Waals surface area (Å²) in [7, 11) is 0. The molecule has 1 unspecified atom stereocenters. The lowest BCUT2D eigenvalue weighted by molar-refractivity contribution is -0.167. The highest BCUT2D eigenvalue weighted by molar-refractivity contribution is 5.71. The molecule has 0 heterocycles. The second-order valence-electron chi connectivity index (χ2n) is 19.9. The molecule has 0 aromatic heterocycles. The first-order valence-corrected chi connectivity index (χ1v) is 29.5. The van der Waals surface area contributed by atoms with Gasteiger partial charge >= 0.3 is 17.9 Å². The van der Waals surface area contributed by atoms with Crippen LogP contribution in [0.15, 0.2) is 36.5 Å². The van der Waals surface area contributed by atoms with Crippen molar-refractivity contribution in [1.29, 1.82) is 0 Å². The second kappa shape index (κ2) is 56.2. The Morgan fingerprint density at radius 3 is 0.836 bits per heavy atom. The van der Waals surface area contributed by atoms with Gasteiger partial charge in [0.05, 0.1) is 0 Å². The van der Waals surface area contributed by atoms with Gasteiger partial charge in [0.1, 0.15) is 13.2 Å². The molecule has 0 aliphatic rings. The molecule has 6 nitrogen and oxygen atoms in total. The molecule has 0 aromatic carbocycles. The number of carbonyl (C=O) groups is 3. The van der Waals surface area contributed by atoms with Crippen molar-refractivity contribution in [2.75, 3.05) is 13.2 Å². The molecule has 0 saturated carbocycles. The van der Waals surface area contributed by atoms with E-state index < -0.39 is 6.10 Å². The van der Waals surface area contributed by atoms with Gasteiger partial charge in [-0.25, -0.2) is 0 Å². The monoisotopic (exact) mass is 941 g/mol. The van der Waals surface area contributed by atoms with E-state index in [9.17, 15) is 14.4 Å². The van der Waals surface area contributed by atoms with Gasteiger partial charge in [-0.05, 0) is 57.8 Å². The van der Waals surface area contributed by atoms with E-state index in [2.05, 4.69) is 57.2 Å². The van der Waals surface area contributed by atoms with Gasteiger partial charge in [-0.1, -0.05) is 276 Å². The lowest BCUT2D eigenvalue weighted by Gasteiger charge is -2.18. The Kier molecular flexibility index (Phi) is 54.2. The van der Waals surface area contributed by atoms with Crippen molar-refractivity contribution in [2.24, 2.45) is 0 Å². The first kappa shape index (κ1) is 64.6. The maximum absolute atomic E-state index is 12.8. The van der Waals surface area contributed by atoms with Crippen LogP contribution < -0.4 is 0 Å². The fraction of sp³-hybridized carbons (Fsp3) is 0.852. The maximum atomic E-state index is 12.8. The third kappa shape index (κ3) is 54.4. The molecule has 0 aliphatic carbocycles. The number of hydrogen-bond donors (Lipinski definition) is 0. The lowest BCUT2D eigenvalue weighted by Crippen LogP contribution is -2.30. The van der Waals surface area contributed by atoms with E-state index >= 15 is 0 Å². The van der Waals surface area contributed by atoms with Crippen LogP contribution in [-0.4, -0.2) is 37.2 Å². The Labute approximate surface area is 416 Å². The van der Waals surface area contributed by atoms with Gasteiger partial charge in [-0.2, -0.15) is 0 Å². The third-order valence-corrected chi connectivity index (χ3v) is 13.1. The van der Waals surface area contributed by atoms with Crippen molar-refractivity contribution in [3.8, 4) is 0 Å². The average molecular weight is 942 g/mol. The van der Waals surface area contributed by atoms with Crippen molar-refractivity contribution in [1.82, 2.24) is 0 Å². The van der Waals surface area contributed by atoms with E-state index in [1.54, 1.807) is 0 Å². The lowest BCUT2D eigenvalue weighted by atomic mass is 10.0. The molecule has 0 aromatic rings. The predicted molar refractivity (Wildman–Crippen MR) is 289 cm³/mol. The minimum Gasteiger partial charge on any atom is -0.462 e. The summed E-state index contributed by atoms with van der Waals surface area (Å²) in [5.41, 5.74) is 0. The minimum atomic E-state index is -0.770. The summed E-state index contributed by atoms with van der Waals surface area (Å²) in [5.74, 6) is -0.862. The molecular formula is C61H112O6. The highest BCUT2D eigenvalue weighted by Crippen LogP contribution is 2.17. The SMILES string of the molecule is CCCCCCC/C=C\C/C=C\C/C=C\CCCCCCCCCCC(=O)OCC(COC(=O)CCCCCCCCCCC)OC(=O)CCCCCCCCCCCCCCCCCCC. The minimum absolute atomic E-state index is 0.0700. The van der Waals surface area contributed by atoms with E-state index in [0.717, 1.165) is 77.0 Å².